The summed E-state index contributed by atoms with van der Waals surface area (Å²) < 4.78 is 0. The van der Waals surface area contributed by atoms with E-state index in [1.807, 2.05) is 78.9 Å². The molecule has 0 fully saturated rings. The lowest BCUT2D eigenvalue weighted by Crippen LogP contribution is -2.49. The van der Waals surface area contributed by atoms with Crippen LogP contribution in [-0.2, 0) is 16.0 Å². The number of hydrogen-bond donors (Lipinski definition) is 3. The maximum Gasteiger partial charge on any atom is 0.250 e. The Bertz CT molecular complexity index is 1010. The van der Waals surface area contributed by atoms with E-state index >= 15 is 0 Å². The Labute approximate surface area is 191 Å². The SMILES string of the molecule is O=C(CCc1ccccc1Cl)NC(=S)NNC(=O)C(c1ccccc1)c1ccccc1. The highest BCUT2D eigenvalue weighted by atomic mass is 35.5. The Kier molecular flexibility index (Phi) is 8.15. The number of amides is 2. The van der Waals surface area contributed by atoms with Gasteiger partial charge in [-0.1, -0.05) is 90.5 Å². The number of carbonyl (C=O) groups excluding carboxylic acids is 2. The third-order valence-corrected chi connectivity index (χ3v) is 5.23. The lowest BCUT2D eigenvalue weighted by atomic mass is 9.91. The van der Waals surface area contributed by atoms with Gasteiger partial charge in [0.05, 0.1) is 5.92 Å². The van der Waals surface area contributed by atoms with Crippen molar-refractivity contribution in [2.75, 3.05) is 0 Å². The van der Waals surface area contributed by atoms with Crippen LogP contribution in [0.1, 0.15) is 29.0 Å². The summed E-state index contributed by atoms with van der Waals surface area (Å²) in [6.45, 7) is 0. The van der Waals surface area contributed by atoms with E-state index in [2.05, 4.69) is 16.2 Å². The average molecular weight is 452 g/mol. The molecular weight excluding hydrogens is 430 g/mol. The van der Waals surface area contributed by atoms with Crippen LogP contribution in [-0.4, -0.2) is 16.9 Å². The van der Waals surface area contributed by atoms with Gasteiger partial charge < -0.3 is 5.32 Å². The van der Waals surface area contributed by atoms with Crippen LogP contribution in [0.5, 0.6) is 0 Å². The van der Waals surface area contributed by atoms with Gasteiger partial charge in [-0.2, -0.15) is 0 Å². The predicted molar refractivity (Wildman–Crippen MR) is 127 cm³/mol. The van der Waals surface area contributed by atoms with Gasteiger partial charge >= 0.3 is 0 Å². The number of hydrogen-bond acceptors (Lipinski definition) is 3. The Hall–Kier alpha value is -3.22. The first-order chi connectivity index (χ1) is 15.0. The Morgan fingerprint density at radius 3 is 1.94 bits per heavy atom. The molecule has 0 atom stereocenters. The molecule has 158 valence electrons. The van der Waals surface area contributed by atoms with Crippen molar-refractivity contribution in [2.24, 2.45) is 0 Å². The van der Waals surface area contributed by atoms with E-state index in [1.165, 1.54) is 0 Å². The van der Waals surface area contributed by atoms with E-state index in [0.29, 0.717) is 11.4 Å². The van der Waals surface area contributed by atoms with Gasteiger partial charge in [0.2, 0.25) is 11.8 Å². The first kappa shape index (κ1) is 22.5. The summed E-state index contributed by atoms with van der Waals surface area (Å²) >= 11 is 11.3. The van der Waals surface area contributed by atoms with Gasteiger partial charge in [0.1, 0.15) is 0 Å². The lowest BCUT2D eigenvalue weighted by Gasteiger charge is -2.19. The first-order valence-corrected chi connectivity index (χ1v) is 10.6. The molecule has 7 heteroatoms. The van der Waals surface area contributed by atoms with Crippen molar-refractivity contribution in [2.45, 2.75) is 18.8 Å². The second kappa shape index (κ2) is 11.2. The van der Waals surface area contributed by atoms with Crippen LogP contribution in [0.25, 0.3) is 0 Å². The van der Waals surface area contributed by atoms with Crippen molar-refractivity contribution in [3.8, 4) is 0 Å². The molecule has 0 radical (unpaired) electrons. The second-order valence-corrected chi connectivity index (χ2v) is 7.65. The van der Waals surface area contributed by atoms with Crippen molar-refractivity contribution in [3.63, 3.8) is 0 Å². The van der Waals surface area contributed by atoms with Crippen LogP contribution >= 0.6 is 23.8 Å². The Balaban J connectivity index is 1.55. The molecule has 0 bridgehead atoms. The number of halogens is 1. The van der Waals surface area contributed by atoms with E-state index in [1.54, 1.807) is 6.07 Å². The molecule has 3 rings (SSSR count). The minimum atomic E-state index is -0.520. The summed E-state index contributed by atoms with van der Waals surface area (Å²) in [6, 6.07) is 26.3. The molecule has 0 aliphatic carbocycles. The van der Waals surface area contributed by atoms with Crippen molar-refractivity contribution in [1.82, 2.24) is 16.2 Å². The number of aryl methyl sites for hydroxylation is 1. The van der Waals surface area contributed by atoms with Crippen molar-refractivity contribution in [1.29, 1.82) is 0 Å². The monoisotopic (exact) mass is 451 g/mol. The van der Waals surface area contributed by atoms with E-state index in [0.717, 1.165) is 16.7 Å². The molecule has 0 saturated carbocycles. The Morgan fingerprint density at radius 1 is 0.806 bits per heavy atom. The van der Waals surface area contributed by atoms with Crippen LogP contribution in [0, 0.1) is 0 Å². The fourth-order valence-electron chi connectivity index (χ4n) is 3.15. The number of hydrazine groups is 1. The summed E-state index contributed by atoms with van der Waals surface area (Å²) in [6.07, 6.45) is 0.709. The number of thiocarbonyl (C=S) groups is 1. The van der Waals surface area contributed by atoms with Crippen LogP contribution in [0.4, 0.5) is 0 Å². The van der Waals surface area contributed by atoms with Crippen molar-refractivity contribution >= 4 is 40.7 Å². The van der Waals surface area contributed by atoms with Gasteiger partial charge in [0.25, 0.3) is 0 Å². The quantitative estimate of drug-likeness (QED) is 0.389. The van der Waals surface area contributed by atoms with Gasteiger partial charge in [0, 0.05) is 11.4 Å². The van der Waals surface area contributed by atoms with Gasteiger partial charge in [0.15, 0.2) is 5.11 Å². The summed E-state index contributed by atoms with van der Waals surface area (Å²) in [5, 5.41) is 3.21. The van der Waals surface area contributed by atoms with E-state index < -0.39 is 5.92 Å². The van der Waals surface area contributed by atoms with Gasteiger partial charge in [-0.3, -0.25) is 20.4 Å². The molecule has 0 saturated heterocycles. The van der Waals surface area contributed by atoms with Crippen LogP contribution in [0.15, 0.2) is 84.9 Å². The predicted octanol–water partition coefficient (Wildman–Crippen LogP) is 4.13. The summed E-state index contributed by atoms with van der Waals surface area (Å²) in [7, 11) is 0. The molecular formula is C24H22ClN3O2S. The molecule has 2 amide bonds. The third-order valence-electron chi connectivity index (χ3n) is 4.66. The van der Waals surface area contributed by atoms with Gasteiger partial charge in [-0.15, -0.1) is 0 Å². The zero-order valence-corrected chi connectivity index (χ0v) is 18.2. The van der Waals surface area contributed by atoms with E-state index in [-0.39, 0.29) is 23.3 Å². The van der Waals surface area contributed by atoms with Gasteiger partial charge in [-0.25, -0.2) is 0 Å². The van der Waals surface area contributed by atoms with E-state index in [9.17, 15) is 9.59 Å². The van der Waals surface area contributed by atoms with Crippen LogP contribution < -0.4 is 16.2 Å². The molecule has 31 heavy (non-hydrogen) atoms. The van der Waals surface area contributed by atoms with E-state index in [4.69, 9.17) is 23.8 Å². The largest absolute Gasteiger partial charge is 0.302 e. The highest BCUT2D eigenvalue weighted by molar-refractivity contribution is 7.80. The summed E-state index contributed by atoms with van der Waals surface area (Å²) in [5.41, 5.74) is 7.81. The maximum absolute atomic E-state index is 12.9. The summed E-state index contributed by atoms with van der Waals surface area (Å²) in [4.78, 5) is 25.1. The molecule has 3 aromatic rings. The van der Waals surface area contributed by atoms with Gasteiger partial charge in [-0.05, 0) is 41.4 Å². The fourth-order valence-corrected chi connectivity index (χ4v) is 3.54. The number of nitrogens with one attached hydrogen (secondary N) is 3. The lowest BCUT2D eigenvalue weighted by molar-refractivity contribution is -0.123. The highest BCUT2D eigenvalue weighted by Crippen LogP contribution is 2.24. The molecule has 3 N–H and O–H groups in total. The van der Waals surface area contributed by atoms with Crippen molar-refractivity contribution in [3.05, 3.63) is 107 Å². The molecule has 0 unspecified atom stereocenters. The Morgan fingerprint density at radius 2 is 1.35 bits per heavy atom. The average Bonchev–Trinajstić information content (AvgIpc) is 2.79. The van der Waals surface area contributed by atoms with Crippen molar-refractivity contribution < 1.29 is 9.59 Å². The topological polar surface area (TPSA) is 70.2 Å². The minimum Gasteiger partial charge on any atom is -0.302 e. The first-order valence-electron chi connectivity index (χ1n) is 9.77. The molecule has 5 nitrogen and oxygen atoms in total. The number of carbonyl (C=O) groups is 2. The molecule has 3 aromatic carbocycles. The number of rotatable bonds is 6. The molecule has 0 heterocycles. The smallest absolute Gasteiger partial charge is 0.250 e. The zero-order chi connectivity index (χ0) is 22.1. The number of benzene rings is 3. The molecule has 0 aliphatic rings. The fraction of sp³-hybridized carbons (Fsp3) is 0.125. The second-order valence-electron chi connectivity index (χ2n) is 6.84. The zero-order valence-electron chi connectivity index (χ0n) is 16.7. The maximum atomic E-state index is 12.9. The highest BCUT2D eigenvalue weighted by Gasteiger charge is 2.22. The molecule has 0 aromatic heterocycles. The molecule has 0 spiro atoms. The minimum absolute atomic E-state index is 0.0254. The standard InChI is InChI=1S/C24H22ClN3O2S/c25-20-14-8-7-9-17(20)15-16-21(29)26-24(31)28-27-23(30)22(18-10-3-1-4-11-18)19-12-5-2-6-13-19/h1-14,22H,15-16H2,(H,27,30)(H2,26,28,29,31). The normalized spacial score (nSPS) is 10.4. The summed E-state index contributed by atoms with van der Waals surface area (Å²) in [5.74, 6) is -1.08. The third kappa shape index (κ3) is 6.64. The van der Waals surface area contributed by atoms with Crippen LogP contribution in [0.2, 0.25) is 5.02 Å². The molecule has 0 aliphatic heterocycles. The van der Waals surface area contributed by atoms with Crippen LogP contribution in [0.3, 0.4) is 0 Å².